The summed E-state index contributed by atoms with van der Waals surface area (Å²) in [5.41, 5.74) is 1.13. The van der Waals surface area contributed by atoms with Crippen molar-refractivity contribution in [1.82, 2.24) is 9.80 Å². The summed E-state index contributed by atoms with van der Waals surface area (Å²) in [5, 5.41) is 0. The molecule has 1 aliphatic heterocycles. The van der Waals surface area contributed by atoms with Crippen molar-refractivity contribution in [3.05, 3.63) is 17.7 Å². The number of likely N-dealkylation sites (N-methyl/N-ethyl adjacent to an activating group) is 1. The molecule has 21 heavy (non-hydrogen) atoms. The second-order valence-electron chi connectivity index (χ2n) is 5.56. The van der Waals surface area contributed by atoms with E-state index >= 15 is 0 Å². The van der Waals surface area contributed by atoms with Gasteiger partial charge in [0.05, 0.1) is 21.3 Å². The molecule has 0 aromatic heterocycles. The van der Waals surface area contributed by atoms with E-state index in [4.69, 9.17) is 14.2 Å². The molecule has 0 radical (unpaired) electrons. The van der Waals surface area contributed by atoms with Crippen LogP contribution in [0.2, 0.25) is 0 Å². The predicted octanol–water partition coefficient (Wildman–Crippen LogP) is 1.85. The van der Waals surface area contributed by atoms with Crippen LogP contribution < -0.4 is 14.2 Å². The summed E-state index contributed by atoms with van der Waals surface area (Å²) in [4.78, 5) is 4.84. The summed E-state index contributed by atoms with van der Waals surface area (Å²) in [7, 11) is 7.13. The SMILES string of the molecule is COc1ccc(CN2CCN(C)C(C)C2)c(OC)c1OC. The second kappa shape index (κ2) is 7.00. The van der Waals surface area contributed by atoms with Crippen molar-refractivity contribution in [3.63, 3.8) is 0 Å². The van der Waals surface area contributed by atoms with Gasteiger partial charge in [-0.2, -0.15) is 0 Å². The zero-order chi connectivity index (χ0) is 15.4. The molecule has 1 aromatic rings. The minimum Gasteiger partial charge on any atom is -0.493 e. The lowest BCUT2D eigenvalue weighted by molar-refractivity contribution is 0.0992. The smallest absolute Gasteiger partial charge is 0.203 e. The van der Waals surface area contributed by atoms with Crippen molar-refractivity contribution in [2.45, 2.75) is 19.5 Å². The van der Waals surface area contributed by atoms with Crippen molar-refractivity contribution >= 4 is 0 Å². The summed E-state index contributed by atoms with van der Waals surface area (Å²) in [5.74, 6) is 2.13. The number of methoxy groups -OCH3 is 3. The van der Waals surface area contributed by atoms with Crippen LogP contribution in [-0.2, 0) is 6.54 Å². The van der Waals surface area contributed by atoms with Gasteiger partial charge in [0, 0.05) is 37.8 Å². The molecule has 5 heteroatoms. The van der Waals surface area contributed by atoms with Gasteiger partial charge in [-0.15, -0.1) is 0 Å². The highest BCUT2D eigenvalue weighted by molar-refractivity contribution is 5.55. The van der Waals surface area contributed by atoms with E-state index in [1.54, 1.807) is 21.3 Å². The van der Waals surface area contributed by atoms with Crippen LogP contribution in [0.3, 0.4) is 0 Å². The monoisotopic (exact) mass is 294 g/mol. The lowest BCUT2D eigenvalue weighted by atomic mass is 10.1. The van der Waals surface area contributed by atoms with Crippen LogP contribution in [0.15, 0.2) is 12.1 Å². The van der Waals surface area contributed by atoms with Crippen LogP contribution >= 0.6 is 0 Å². The molecule has 1 atom stereocenters. The third kappa shape index (κ3) is 3.41. The first-order chi connectivity index (χ1) is 10.1. The number of benzene rings is 1. The largest absolute Gasteiger partial charge is 0.493 e. The van der Waals surface area contributed by atoms with Crippen molar-refractivity contribution < 1.29 is 14.2 Å². The standard InChI is InChI=1S/C16H26N2O3/c1-12-10-18(9-8-17(12)2)11-13-6-7-14(19-3)16(21-5)15(13)20-4/h6-7,12H,8-11H2,1-5H3. The van der Waals surface area contributed by atoms with Gasteiger partial charge in [0.15, 0.2) is 11.5 Å². The lowest BCUT2D eigenvalue weighted by Crippen LogP contribution is -2.49. The Morgan fingerprint density at radius 3 is 2.33 bits per heavy atom. The normalized spacial score (nSPS) is 20.3. The Morgan fingerprint density at radius 1 is 1.05 bits per heavy atom. The predicted molar refractivity (Wildman–Crippen MR) is 83.5 cm³/mol. The number of hydrogen-bond acceptors (Lipinski definition) is 5. The summed E-state index contributed by atoms with van der Waals surface area (Å²) in [6.07, 6.45) is 0. The quantitative estimate of drug-likeness (QED) is 0.828. The maximum atomic E-state index is 5.56. The third-order valence-electron chi connectivity index (χ3n) is 4.22. The molecular formula is C16H26N2O3. The second-order valence-corrected chi connectivity index (χ2v) is 5.56. The van der Waals surface area contributed by atoms with Crippen molar-refractivity contribution in [2.75, 3.05) is 48.0 Å². The van der Waals surface area contributed by atoms with Gasteiger partial charge in [0.1, 0.15) is 0 Å². The molecule has 0 spiro atoms. The first kappa shape index (κ1) is 15.9. The van der Waals surface area contributed by atoms with Crippen molar-refractivity contribution in [2.24, 2.45) is 0 Å². The van der Waals surface area contributed by atoms with E-state index in [9.17, 15) is 0 Å². The molecule has 2 rings (SSSR count). The highest BCUT2D eigenvalue weighted by atomic mass is 16.5. The van der Waals surface area contributed by atoms with Crippen LogP contribution in [0.5, 0.6) is 17.2 Å². The van der Waals surface area contributed by atoms with Gasteiger partial charge in [-0.25, -0.2) is 0 Å². The van der Waals surface area contributed by atoms with Crippen LogP contribution in [-0.4, -0.2) is 63.9 Å². The van der Waals surface area contributed by atoms with E-state index in [0.29, 0.717) is 17.5 Å². The molecule has 0 N–H and O–H groups in total. The zero-order valence-electron chi connectivity index (χ0n) is 13.7. The molecule has 1 aliphatic rings. The number of rotatable bonds is 5. The Balaban J connectivity index is 2.20. The van der Waals surface area contributed by atoms with E-state index in [2.05, 4.69) is 29.8 Å². The van der Waals surface area contributed by atoms with Gasteiger partial charge >= 0.3 is 0 Å². The van der Waals surface area contributed by atoms with Gasteiger partial charge in [-0.05, 0) is 20.0 Å². The van der Waals surface area contributed by atoms with Crippen LogP contribution in [0.25, 0.3) is 0 Å². The summed E-state index contributed by atoms with van der Waals surface area (Å²) in [6, 6.07) is 4.57. The number of ether oxygens (including phenoxy) is 3. The molecule has 0 saturated carbocycles. The van der Waals surface area contributed by atoms with Gasteiger partial charge in [-0.1, -0.05) is 6.07 Å². The Kier molecular flexibility index (Phi) is 5.31. The first-order valence-electron chi connectivity index (χ1n) is 7.31. The van der Waals surface area contributed by atoms with E-state index in [1.807, 2.05) is 6.07 Å². The minimum atomic E-state index is 0.574. The highest BCUT2D eigenvalue weighted by Gasteiger charge is 2.23. The van der Waals surface area contributed by atoms with E-state index in [0.717, 1.165) is 37.5 Å². The summed E-state index contributed by atoms with van der Waals surface area (Å²) in [6.45, 7) is 6.35. The van der Waals surface area contributed by atoms with Gasteiger partial charge in [-0.3, -0.25) is 4.90 Å². The van der Waals surface area contributed by atoms with Crippen LogP contribution in [0.1, 0.15) is 12.5 Å². The topological polar surface area (TPSA) is 34.2 Å². The zero-order valence-corrected chi connectivity index (χ0v) is 13.7. The summed E-state index contributed by atoms with van der Waals surface area (Å²) >= 11 is 0. The van der Waals surface area contributed by atoms with E-state index in [-0.39, 0.29) is 0 Å². The average Bonchev–Trinajstić information content (AvgIpc) is 2.50. The van der Waals surface area contributed by atoms with Gasteiger partial charge in [0.2, 0.25) is 5.75 Å². The minimum absolute atomic E-state index is 0.574. The maximum Gasteiger partial charge on any atom is 0.203 e. The highest BCUT2D eigenvalue weighted by Crippen LogP contribution is 2.40. The Hall–Kier alpha value is -1.46. The fourth-order valence-electron chi connectivity index (χ4n) is 2.80. The lowest BCUT2D eigenvalue weighted by Gasteiger charge is -2.37. The van der Waals surface area contributed by atoms with E-state index < -0.39 is 0 Å². The van der Waals surface area contributed by atoms with E-state index in [1.165, 1.54) is 0 Å². The summed E-state index contributed by atoms with van der Waals surface area (Å²) < 4.78 is 16.3. The molecule has 1 heterocycles. The number of hydrogen-bond donors (Lipinski definition) is 0. The molecular weight excluding hydrogens is 268 g/mol. The molecule has 1 aromatic carbocycles. The molecule has 0 bridgehead atoms. The van der Waals surface area contributed by atoms with Gasteiger partial charge < -0.3 is 19.1 Å². The molecule has 1 fully saturated rings. The third-order valence-corrected chi connectivity index (χ3v) is 4.22. The molecule has 0 aliphatic carbocycles. The molecule has 118 valence electrons. The van der Waals surface area contributed by atoms with Gasteiger partial charge in [0.25, 0.3) is 0 Å². The fourth-order valence-corrected chi connectivity index (χ4v) is 2.80. The Bertz CT molecular complexity index is 479. The first-order valence-corrected chi connectivity index (χ1v) is 7.31. The van der Waals surface area contributed by atoms with Crippen LogP contribution in [0, 0.1) is 0 Å². The van der Waals surface area contributed by atoms with Crippen LogP contribution in [0.4, 0.5) is 0 Å². The van der Waals surface area contributed by atoms with Crippen molar-refractivity contribution in [3.8, 4) is 17.2 Å². The Morgan fingerprint density at radius 2 is 1.76 bits per heavy atom. The van der Waals surface area contributed by atoms with Crippen molar-refractivity contribution in [1.29, 1.82) is 0 Å². The maximum absolute atomic E-state index is 5.56. The molecule has 1 saturated heterocycles. The molecule has 5 nitrogen and oxygen atoms in total. The Labute approximate surface area is 127 Å². The average molecular weight is 294 g/mol. The fraction of sp³-hybridized carbons (Fsp3) is 0.625. The number of nitrogens with zero attached hydrogens (tertiary/aromatic N) is 2. The molecule has 0 amide bonds. The molecule has 1 unspecified atom stereocenters. The number of piperazine rings is 1.